The van der Waals surface area contributed by atoms with Gasteiger partial charge < -0.3 is 0 Å². The molecular weight excluding hydrogens is 206 g/mol. The lowest BCUT2D eigenvalue weighted by Crippen LogP contribution is -2.42. The van der Waals surface area contributed by atoms with Gasteiger partial charge in [-0.05, 0) is 32.2 Å². The van der Waals surface area contributed by atoms with E-state index >= 15 is 0 Å². The van der Waals surface area contributed by atoms with Gasteiger partial charge in [-0.15, -0.1) is 0 Å². The van der Waals surface area contributed by atoms with Crippen molar-refractivity contribution < 1.29 is 0 Å². The van der Waals surface area contributed by atoms with E-state index < -0.39 is 0 Å². The molecule has 0 bridgehead atoms. The Bertz CT molecular complexity index is 166. The van der Waals surface area contributed by atoms with Crippen molar-refractivity contribution in [2.24, 2.45) is 0 Å². The minimum Gasteiger partial charge on any atom is -0.298 e. The van der Waals surface area contributed by atoms with Crippen molar-refractivity contribution in [1.82, 2.24) is 4.90 Å². The molecule has 1 heteroatoms. The fraction of sp³-hybridized carbons (Fsp3) is 1.00. The smallest absolute Gasteiger partial charge is 0.00980 e. The second-order valence-electron chi connectivity index (χ2n) is 6.12. The lowest BCUT2D eigenvalue weighted by molar-refractivity contribution is 0.116. The largest absolute Gasteiger partial charge is 0.298 e. The van der Waals surface area contributed by atoms with Crippen molar-refractivity contribution in [3.05, 3.63) is 0 Å². The molecule has 2 fully saturated rings. The first-order valence-electron chi connectivity index (χ1n) is 8.17. The molecule has 0 unspecified atom stereocenters. The Kier molecular flexibility index (Phi) is 5.84. The monoisotopic (exact) mass is 237 g/mol. The van der Waals surface area contributed by atoms with E-state index in [9.17, 15) is 0 Å². The van der Waals surface area contributed by atoms with Crippen molar-refractivity contribution in [1.29, 1.82) is 0 Å². The van der Waals surface area contributed by atoms with Crippen LogP contribution in [-0.4, -0.2) is 23.5 Å². The van der Waals surface area contributed by atoms with E-state index in [1.54, 1.807) is 0 Å². The Labute approximate surface area is 108 Å². The van der Waals surface area contributed by atoms with Gasteiger partial charge in [0.05, 0.1) is 0 Å². The zero-order valence-electron chi connectivity index (χ0n) is 11.8. The normalized spacial score (nSPS) is 25.8. The van der Waals surface area contributed by atoms with E-state index in [1.807, 2.05) is 0 Å². The number of rotatable bonds is 3. The van der Waals surface area contributed by atoms with Gasteiger partial charge in [0.1, 0.15) is 0 Å². The van der Waals surface area contributed by atoms with Gasteiger partial charge in [0, 0.05) is 12.1 Å². The zero-order chi connectivity index (χ0) is 11.9. The quantitative estimate of drug-likeness (QED) is 0.640. The summed E-state index contributed by atoms with van der Waals surface area (Å²) < 4.78 is 0. The van der Waals surface area contributed by atoms with Crippen LogP contribution in [0.4, 0.5) is 0 Å². The van der Waals surface area contributed by atoms with E-state index in [-0.39, 0.29) is 0 Å². The zero-order valence-corrected chi connectivity index (χ0v) is 11.8. The summed E-state index contributed by atoms with van der Waals surface area (Å²) in [6.07, 6.45) is 17.8. The SMILES string of the molecule is CCN(C1CCCCCC1)C1CCCCCC1. The minimum absolute atomic E-state index is 0.922. The summed E-state index contributed by atoms with van der Waals surface area (Å²) in [5, 5.41) is 0. The van der Waals surface area contributed by atoms with Gasteiger partial charge in [0.2, 0.25) is 0 Å². The summed E-state index contributed by atoms with van der Waals surface area (Å²) in [5.41, 5.74) is 0. The van der Waals surface area contributed by atoms with Crippen molar-refractivity contribution in [3.8, 4) is 0 Å². The van der Waals surface area contributed by atoms with E-state index in [4.69, 9.17) is 0 Å². The Morgan fingerprint density at radius 1 is 0.647 bits per heavy atom. The molecular formula is C16H31N. The van der Waals surface area contributed by atoms with Crippen LogP contribution in [0.5, 0.6) is 0 Å². The third kappa shape index (κ3) is 3.98. The predicted octanol–water partition coefficient (Wildman–Crippen LogP) is 4.75. The molecule has 2 aliphatic carbocycles. The highest BCUT2D eigenvalue weighted by molar-refractivity contribution is 4.81. The first-order valence-corrected chi connectivity index (χ1v) is 8.17. The van der Waals surface area contributed by atoms with E-state index in [0.29, 0.717) is 0 Å². The topological polar surface area (TPSA) is 3.24 Å². The maximum absolute atomic E-state index is 2.89. The highest BCUT2D eigenvalue weighted by atomic mass is 15.2. The molecule has 0 amide bonds. The fourth-order valence-corrected chi connectivity index (χ4v) is 3.99. The molecule has 0 aromatic rings. The Morgan fingerprint density at radius 2 is 1.00 bits per heavy atom. The molecule has 2 saturated carbocycles. The van der Waals surface area contributed by atoms with Crippen molar-refractivity contribution in [3.63, 3.8) is 0 Å². The van der Waals surface area contributed by atoms with Gasteiger partial charge >= 0.3 is 0 Å². The summed E-state index contributed by atoms with van der Waals surface area (Å²) in [6, 6.07) is 1.84. The van der Waals surface area contributed by atoms with E-state index in [1.165, 1.54) is 83.6 Å². The standard InChI is InChI=1S/C16H31N/c1-2-17(15-11-7-3-4-8-12-15)16-13-9-5-6-10-14-16/h15-16H,2-14H2,1H3. The van der Waals surface area contributed by atoms with Crippen LogP contribution in [0.15, 0.2) is 0 Å². The van der Waals surface area contributed by atoms with E-state index in [2.05, 4.69) is 11.8 Å². The molecule has 0 aromatic heterocycles. The van der Waals surface area contributed by atoms with Crippen LogP contribution < -0.4 is 0 Å². The molecule has 100 valence electrons. The van der Waals surface area contributed by atoms with Crippen LogP contribution in [0, 0.1) is 0 Å². The third-order valence-corrected chi connectivity index (χ3v) is 4.95. The minimum atomic E-state index is 0.922. The maximum Gasteiger partial charge on any atom is 0.00980 e. The molecule has 0 spiro atoms. The van der Waals surface area contributed by atoms with Gasteiger partial charge in [-0.3, -0.25) is 4.90 Å². The molecule has 2 aliphatic rings. The Hall–Kier alpha value is -0.0400. The van der Waals surface area contributed by atoms with Crippen LogP contribution in [-0.2, 0) is 0 Å². The molecule has 0 radical (unpaired) electrons. The first-order chi connectivity index (χ1) is 8.42. The van der Waals surface area contributed by atoms with Crippen LogP contribution >= 0.6 is 0 Å². The average molecular weight is 237 g/mol. The van der Waals surface area contributed by atoms with Gasteiger partial charge in [0.25, 0.3) is 0 Å². The second kappa shape index (κ2) is 7.41. The molecule has 0 aromatic carbocycles. The molecule has 0 atom stereocenters. The number of nitrogens with zero attached hydrogens (tertiary/aromatic N) is 1. The third-order valence-electron chi connectivity index (χ3n) is 4.95. The summed E-state index contributed by atoms with van der Waals surface area (Å²) >= 11 is 0. The van der Waals surface area contributed by atoms with Crippen LogP contribution in [0.25, 0.3) is 0 Å². The number of hydrogen-bond donors (Lipinski definition) is 0. The van der Waals surface area contributed by atoms with Crippen molar-refractivity contribution >= 4 is 0 Å². The van der Waals surface area contributed by atoms with Gasteiger partial charge in [-0.1, -0.05) is 58.3 Å². The Balaban J connectivity index is 1.92. The van der Waals surface area contributed by atoms with Crippen LogP contribution in [0.3, 0.4) is 0 Å². The summed E-state index contributed by atoms with van der Waals surface area (Å²) in [5.74, 6) is 0. The lowest BCUT2D eigenvalue weighted by atomic mass is 10.0. The van der Waals surface area contributed by atoms with Gasteiger partial charge in [-0.2, -0.15) is 0 Å². The van der Waals surface area contributed by atoms with Gasteiger partial charge in [0.15, 0.2) is 0 Å². The Morgan fingerprint density at radius 3 is 1.29 bits per heavy atom. The van der Waals surface area contributed by atoms with Gasteiger partial charge in [-0.25, -0.2) is 0 Å². The molecule has 0 heterocycles. The lowest BCUT2D eigenvalue weighted by Gasteiger charge is -2.37. The summed E-state index contributed by atoms with van der Waals surface area (Å²) in [7, 11) is 0. The van der Waals surface area contributed by atoms with E-state index in [0.717, 1.165) is 12.1 Å². The fourth-order valence-electron chi connectivity index (χ4n) is 3.99. The van der Waals surface area contributed by atoms with Crippen LogP contribution in [0.1, 0.15) is 84.0 Å². The average Bonchev–Trinajstić information content (AvgIpc) is 2.75. The van der Waals surface area contributed by atoms with Crippen molar-refractivity contribution in [2.45, 2.75) is 96.1 Å². The maximum atomic E-state index is 2.89. The molecule has 17 heavy (non-hydrogen) atoms. The molecule has 1 nitrogen and oxygen atoms in total. The summed E-state index contributed by atoms with van der Waals surface area (Å²) in [6.45, 7) is 3.67. The molecule has 0 aliphatic heterocycles. The first kappa shape index (κ1) is 13.4. The molecule has 0 N–H and O–H groups in total. The number of hydrogen-bond acceptors (Lipinski definition) is 1. The predicted molar refractivity (Wildman–Crippen MR) is 75.4 cm³/mol. The highest BCUT2D eigenvalue weighted by Crippen LogP contribution is 2.28. The molecule has 0 saturated heterocycles. The molecule has 2 rings (SSSR count). The van der Waals surface area contributed by atoms with Crippen molar-refractivity contribution in [2.75, 3.05) is 6.54 Å². The van der Waals surface area contributed by atoms with Crippen LogP contribution in [0.2, 0.25) is 0 Å². The second-order valence-corrected chi connectivity index (χ2v) is 6.12. The summed E-state index contributed by atoms with van der Waals surface area (Å²) in [4.78, 5) is 2.89. The highest BCUT2D eigenvalue weighted by Gasteiger charge is 2.26.